The standard InChI is InChI=1S/C14H13F3N2O2/c15-10-4-3-9(12(16)13(10)17)14(21)18-7-5-11(20)19(6-7)8-1-2-8/h3-4,7-8H,1-2,5-6H2,(H,18,21). The molecule has 0 spiro atoms. The summed E-state index contributed by atoms with van der Waals surface area (Å²) in [5.74, 6) is -5.43. The third-order valence-corrected chi connectivity index (χ3v) is 3.76. The second-order valence-corrected chi connectivity index (χ2v) is 5.37. The van der Waals surface area contributed by atoms with Crippen LogP contribution in [-0.4, -0.2) is 35.3 Å². The molecular weight excluding hydrogens is 285 g/mol. The number of halogens is 3. The van der Waals surface area contributed by atoms with Crippen LogP contribution >= 0.6 is 0 Å². The van der Waals surface area contributed by atoms with Crippen molar-refractivity contribution >= 4 is 11.8 Å². The SMILES string of the molecule is O=C(NC1CC(=O)N(C2CC2)C1)c1ccc(F)c(F)c1F. The van der Waals surface area contributed by atoms with Crippen molar-refractivity contribution in [3.8, 4) is 0 Å². The Kier molecular flexibility index (Phi) is 3.35. The molecule has 1 saturated carbocycles. The molecule has 0 bridgehead atoms. The molecule has 3 rings (SSSR count). The Morgan fingerprint density at radius 3 is 2.57 bits per heavy atom. The minimum absolute atomic E-state index is 0.0476. The van der Waals surface area contributed by atoms with Gasteiger partial charge in [0, 0.05) is 19.0 Å². The van der Waals surface area contributed by atoms with E-state index >= 15 is 0 Å². The summed E-state index contributed by atoms with van der Waals surface area (Å²) < 4.78 is 39.5. The third kappa shape index (κ3) is 2.59. The zero-order valence-electron chi connectivity index (χ0n) is 11.0. The number of benzene rings is 1. The van der Waals surface area contributed by atoms with Gasteiger partial charge in [0.05, 0.1) is 11.6 Å². The summed E-state index contributed by atoms with van der Waals surface area (Å²) in [6.45, 7) is 0.376. The summed E-state index contributed by atoms with van der Waals surface area (Å²) in [5, 5.41) is 2.50. The van der Waals surface area contributed by atoms with Crippen LogP contribution in [-0.2, 0) is 4.79 Å². The fourth-order valence-electron chi connectivity index (χ4n) is 2.53. The van der Waals surface area contributed by atoms with Gasteiger partial charge in [0.1, 0.15) is 0 Å². The molecule has 1 atom stereocenters. The normalized spacial score (nSPS) is 21.8. The van der Waals surface area contributed by atoms with E-state index < -0.39 is 35.0 Å². The van der Waals surface area contributed by atoms with E-state index in [9.17, 15) is 22.8 Å². The first-order chi connectivity index (χ1) is 9.97. The average molecular weight is 298 g/mol. The van der Waals surface area contributed by atoms with Crippen LogP contribution in [0.25, 0.3) is 0 Å². The number of amides is 2. The number of likely N-dealkylation sites (tertiary alicyclic amines) is 1. The molecule has 7 heteroatoms. The van der Waals surface area contributed by atoms with Gasteiger partial charge in [-0.3, -0.25) is 9.59 Å². The van der Waals surface area contributed by atoms with Crippen LogP contribution in [0.2, 0.25) is 0 Å². The van der Waals surface area contributed by atoms with Crippen LogP contribution in [0.4, 0.5) is 13.2 Å². The number of hydrogen-bond donors (Lipinski definition) is 1. The predicted molar refractivity (Wildman–Crippen MR) is 66.9 cm³/mol. The number of hydrogen-bond acceptors (Lipinski definition) is 2. The quantitative estimate of drug-likeness (QED) is 0.862. The fraction of sp³-hybridized carbons (Fsp3) is 0.429. The minimum Gasteiger partial charge on any atom is -0.347 e. The molecule has 2 amide bonds. The highest BCUT2D eigenvalue weighted by atomic mass is 19.2. The second-order valence-electron chi connectivity index (χ2n) is 5.37. The third-order valence-electron chi connectivity index (χ3n) is 3.76. The topological polar surface area (TPSA) is 49.4 Å². The van der Waals surface area contributed by atoms with Crippen molar-refractivity contribution in [2.24, 2.45) is 0 Å². The number of rotatable bonds is 3. The first-order valence-corrected chi connectivity index (χ1v) is 6.71. The van der Waals surface area contributed by atoms with Crippen molar-refractivity contribution in [2.45, 2.75) is 31.3 Å². The van der Waals surface area contributed by atoms with E-state index in [2.05, 4.69) is 5.32 Å². The van der Waals surface area contributed by atoms with E-state index in [4.69, 9.17) is 0 Å². The van der Waals surface area contributed by atoms with Crippen LogP contribution in [0.5, 0.6) is 0 Å². The number of carbonyl (C=O) groups excluding carboxylic acids is 2. The maximum absolute atomic E-state index is 13.5. The first-order valence-electron chi connectivity index (χ1n) is 6.71. The van der Waals surface area contributed by atoms with Gasteiger partial charge in [-0.2, -0.15) is 0 Å². The Morgan fingerprint density at radius 2 is 1.90 bits per heavy atom. The van der Waals surface area contributed by atoms with Crippen molar-refractivity contribution in [2.75, 3.05) is 6.54 Å². The van der Waals surface area contributed by atoms with E-state index in [1.165, 1.54) is 0 Å². The van der Waals surface area contributed by atoms with Gasteiger partial charge in [0.2, 0.25) is 5.91 Å². The van der Waals surface area contributed by atoms with Gasteiger partial charge in [-0.05, 0) is 25.0 Å². The molecule has 1 N–H and O–H groups in total. The van der Waals surface area contributed by atoms with Crippen LogP contribution in [0.3, 0.4) is 0 Å². The van der Waals surface area contributed by atoms with Gasteiger partial charge in [0.15, 0.2) is 17.5 Å². The zero-order chi connectivity index (χ0) is 15.1. The Hall–Kier alpha value is -2.05. The monoisotopic (exact) mass is 298 g/mol. The molecule has 1 aromatic rings. The van der Waals surface area contributed by atoms with Crippen molar-refractivity contribution in [1.82, 2.24) is 10.2 Å². The molecule has 1 heterocycles. The van der Waals surface area contributed by atoms with Crippen LogP contribution < -0.4 is 5.32 Å². The summed E-state index contributed by atoms with van der Waals surface area (Å²) in [7, 11) is 0. The molecular formula is C14H13F3N2O2. The second kappa shape index (κ2) is 5.05. The molecule has 2 aliphatic rings. The van der Waals surface area contributed by atoms with Crippen molar-refractivity contribution in [3.63, 3.8) is 0 Å². The highest BCUT2D eigenvalue weighted by Gasteiger charge is 2.39. The van der Waals surface area contributed by atoms with Gasteiger partial charge in [-0.25, -0.2) is 13.2 Å². The smallest absolute Gasteiger partial charge is 0.254 e. The molecule has 4 nitrogen and oxygen atoms in total. The van der Waals surface area contributed by atoms with Crippen LogP contribution in [0.1, 0.15) is 29.6 Å². The number of nitrogens with zero attached hydrogens (tertiary/aromatic N) is 1. The largest absolute Gasteiger partial charge is 0.347 e. The minimum atomic E-state index is -1.68. The molecule has 1 saturated heterocycles. The zero-order valence-corrected chi connectivity index (χ0v) is 11.0. The predicted octanol–water partition coefficient (Wildman–Crippen LogP) is 1.60. The molecule has 1 aromatic carbocycles. The lowest BCUT2D eigenvalue weighted by atomic mass is 10.1. The van der Waals surface area contributed by atoms with E-state index in [1.807, 2.05) is 0 Å². The van der Waals surface area contributed by atoms with E-state index in [1.54, 1.807) is 4.90 Å². The van der Waals surface area contributed by atoms with Gasteiger partial charge >= 0.3 is 0 Å². The van der Waals surface area contributed by atoms with Gasteiger partial charge < -0.3 is 10.2 Å². The van der Waals surface area contributed by atoms with Crippen molar-refractivity contribution in [3.05, 3.63) is 35.1 Å². The van der Waals surface area contributed by atoms with Crippen molar-refractivity contribution in [1.29, 1.82) is 0 Å². The summed E-state index contributed by atoms with van der Waals surface area (Å²) in [6, 6.07) is 1.40. The van der Waals surface area contributed by atoms with Gasteiger partial charge in [0.25, 0.3) is 5.91 Å². The number of nitrogens with one attached hydrogen (secondary N) is 1. The molecule has 112 valence electrons. The molecule has 21 heavy (non-hydrogen) atoms. The highest BCUT2D eigenvalue weighted by Crippen LogP contribution is 2.30. The summed E-state index contributed by atoms with van der Waals surface area (Å²) in [6.07, 6.45) is 2.07. The van der Waals surface area contributed by atoms with Gasteiger partial charge in [-0.1, -0.05) is 0 Å². The fourth-order valence-corrected chi connectivity index (χ4v) is 2.53. The Morgan fingerprint density at radius 1 is 1.19 bits per heavy atom. The summed E-state index contributed by atoms with van der Waals surface area (Å²) in [5.41, 5.74) is -0.564. The molecule has 2 fully saturated rings. The van der Waals surface area contributed by atoms with Gasteiger partial charge in [-0.15, -0.1) is 0 Å². The molecule has 1 aliphatic heterocycles. The van der Waals surface area contributed by atoms with E-state index in [-0.39, 0.29) is 18.4 Å². The maximum atomic E-state index is 13.5. The lowest BCUT2D eigenvalue weighted by Gasteiger charge is -2.16. The first kappa shape index (κ1) is 13.9. The van der Waals surface area contributed by atoms with E-state index in [0.29, 0.717) is 12.6 Å². The highest BCUT2D eigenvalue weighted by molar-refractivity contribution is 5.95. The Bertz CT molecular complexity index is 616. The lowest BCUT2D eigenvalue weighted by molar-refractivity contribution is -0.128. The molecule has 1 aliphatic carbocycles. The number of carbonyl (C=O) groups is 2. The lowest BCUT2D eigenvalue weighted by Crippen LogP contribution is -2.38. The van der Waals surface area contributed by atoms with E-state index in [0.717, 1.165) is 18.9 Å². The molecule has 0 radical (unpaired) electrons. The molecule has 1 unspecified atom stereocenters. The van der Waals surface area contributed by atoms with Crippen LogP contribution in [0.15, 0.2) is 12.1 Å². The molecule has 0 aromatic heterocycles. The maximum Gasteiger partial charge on any atom is 0.254 e. The van der Waals surface area contributed by atoms with Crippen molar-refractivity contribution < 1.29 is 22.8 Å². The average Bonchev–Trinajstić information content (AvgIpc) is 3.21. The van der Waals surface area contributed by atoms with Crippen LogP contribution in [0, 0.1) is 17.5 Å². The summed E-state index contributed by atoms with van der Waals surface area (Å²) >= 11 is 0. The Labute approximate surface area is 118 Å². The Balaban J connectivity index is 1.70. The summed E-state index contributed by atoms with van der Waals surface area (Å²) in [4.78, 5) is 25.4.